The minimum Gasteiger partial charge on any atom is -0.305 e. The second kappa shape index (κ2) is 7.66. The normalized spacial score (nSPS) is 10.9. The zero-order valence-corrected chi connectivity index (χ0v) is 14.5. The van der Waals surface area contributed by atoms with Gasteiger partial charge >= 0.3 is 0 Å². The van der Waals surface area contributed by atoms with Crippen LogP contribution in [0.25, 0.3) is 11.4 Å². The molecule has 2 aromatic carbocycles. The lowest BCUT2D eigenvalue weighted by atomic mass is 10.1. The molecule has 0 aliphatic rings. The summed E-state index contributed by atoms with van der Waals surface area (Å²) in [6.45, 7) is 0. The van der Waals surface area contributed by atoms with E-state index < -0.39 is 0 Å². The molecule has 1 heterocycles. The molecule has 0 atom stereocenters. The molecule has 0 bridgehead atoms. The smallest absolute Gasteiger partial charge is 0.191 e. The number of halogens is 1. The van der Waals surface area contributed by atoms with Crippen molar-refractivity contribution in [1.29, 1.82) is 0 Å². The largest absolute Gasteiger partial charge is 0.305 e. The highest BCUT2D eigenvalue weighted by molar-refractivity contribution is 7.99. The SMILES string of the molecule is Cn1c(SCCCc2ccccc2)nnc1-c1ccccc1Cl. The quantitative estimate of drug-likeness (QED) is 0.473. The lowest BCUT2D eigenvalue weighted by Crippen LogP contribution is -1.96. The Hall–Kier alpha value is -1.78. The molecular formula is C18H18ClN3S. The van der Waals surface area contributed by atoms with Crippen LogP contribution in [0.4, 0.5) is 0 Å². The van der Waals surface area contributed by atoms with Crippen LogP contribution in [0.2, 0.25) is 5.02 Å². The number of rotatable bonds is 6. The van der Waals surface area contributed by atoms with E-state index in [1.54, 1.807) is 11.8 Å². The second-order valence-corrected chi connectivity index (χ2v) is 6.75. The number of hydrogen-bond donors (Lipinski definition) is 0. The first-order chi connectivity index (χ1) is 11.3. The molecule has 0 unspecified atom stereocenters. The summed E-state index contributed by atoms with van der Waals surface area (Å²) in [6, 6.07) is 18.3. The summed E-state index contributed by atoms with van der Waals surface area (Å²) in [4.78, 5) is 0. The van der Waals surface area contributed by atoms with Gasteiger partial charge in [-0.25, -0.2) is 0 Å². The Morgan fingerprint density at radius 3 is 2.52 bits per heavy atom. The molecule has 3 aromatic rings. The predicted octanol–water partition coefficient (Wildman–Crippen LogP) is 4.86. The third-order valence-electron chi connectivity index (χ3n) is 3.63. The Labute approximate surface area is 145 Å². The standard InChI is InChI=1S/C18H18ClN3S/c1-22-17(15-11-5-6-12-16(15)19)20-21-18(22)23-13-7-10-14-8-3-2-4-9-14/h2-6,8-9,11-12H,7,10,13H2,1H3. The minimum absolute atomic E-state index is 0.698. The van der Waals surface area contributed by atoms with Gasteiger partial charge in [0.15, 0.2) is 11.0 Å². The van der Waals surface area contributed by atoms with Crippen molar-refractivity contribution in [1.82, 2.24) is 14.8 Å². The minimum atomic E-state index is 0.698. The van der Waals surface area contributed by atoms with Crippen LogP contribution in [0.1, 0.15) is 12.0 Å². The van der Waals surface area contributed by atoms with E-state index in [1.807, 2.05) is 41.9 Å². The van der Waals surface area contributed by atoms with E-state index in [4.69, 9.17) is 11.6 Å². The van der Waals surface area contributed by atoms with Crippen molar-refractivity contribution in [2.45, 2.75) is 18.0 Å². The topological polar surface area (TPSA) is 30.7 Å². The summed E-state index contributed by atoms with van der Waals surface area (Å²) in [7, 11) is 1.98. The maximum absolute atomic E-state index is 6.25. The lowest BCUT2D eigenvalue weighted by molar-refractivity contribution is 0.791. The van der Waals surface area contributed by atoms with Gasteiger partial charge in [0.2, 0.25) is 0 Å². The molecule has 3 rings (SSSR count). The van der Waals surface area contributed by atoms with E-state index in [2.05, 4.69) is 34.5 Å². The summed E-state index contributed by atoms with van der Waals surface area (Å²) in [5.74, 6) is 1.82. The van der Waals surface area contributed by atoms with Crippen molar-refractivity contribution in [3.8, 4) is 11.4 Å². The third-order valence-corrected chi connectivity index (χ3v) is 5.07. The van der Waals surface area contributed by atoms with E-state index in [1.165, 1.54) is 5.56 Å². The molecule has 0 saturated carbocycles. The molecule has 5 heteroatoms. The van der Waals surface area contributed by atoms with Gasteiger partial charge in [0.25, 0.3) is 0 Å². The molecule has 0 N–H and O–H groups in total. The summed E-state index contributed by atoms with van der Waals surface area (Å²) < 4.78 is 2.01. The first-order valence-corrected chi connectivity index (χ1v) is 8.93. The Morgan fingerprint density at radius 2 is 1.74 bits per heavy atom. The molecule has 0 radical (unpaired) electrons. The summed E-state index contributed by atoms with van der Waals surface area (Å²) in [5, 5.41) is 10.2. The zero-order valence-electron chi connectivity index (χ0n) is 12.9. The van der Waals surface area contributed by atoms with Crippen LogP contribution in [-0.2, 0) is 13.5 Å². The van der Waals surface area contributed by atoms with Crippen molar-refractivity contribution >= 4 is 23.4 Å². The Kier molecular flexibility index (Phi) is 5.36. The van der Waals surface area contributed by atoms with Crippen LogP contribution in [0, 0.1) is 0 Å². The average Bonchev–Trinajstić information content (AvgIpc) is 2.94. The molecule has 118 valence electrons. The maximum atomic E-state index is 6.25. The fourth-order valence-corrected chi connectivity index (χ4v) is 3.47. The van der Waals surface area contributed by atoms with Gasteiger partial charge in [-0.15, -0.1) is 10.2 Å². The number of aromatic nitrogens is 3. The number of hydrogen-bond acceptors (Lipinski definition) is 3. The van der Waals surface area contributed by atoms with E-state index in [-0.39, 0.29) is 0 Å². The van der Waals surface area contributed by atoms with Crippen LogP contribution in [0.3, 0.4) is 0 Å². The molecule has 1 aromatic heterocycles. The molecule has 3 nitrogen and oxygen atoms in total. The highest BCUT2D eigenvalue weighted by Crippen LogP contribution is 2.28. The first kappa shape index (κ1) is 16.1. The fourth-order valence-electron chi connectivity index (χ4n) is 2.40. The van der Waals surface area contributed by atoms with Crippen LogP contribution in [0.5, 0.6) is 0 Å². The van der Waals surface area contributed by atoms with Gasteiger partial charge in [0, 0.05) is 18.4 Å². The number of nitrogens with zero attached hydrogens (tertiary/aromatic N) is 3. The highest BCUT2D eigenvalue weighted by Gasteiger charge is 2.13. The molecule has 23 heavy (non-hydrogen) atoms. The van der Waals surface area contributed by atoms with Gasteiger partial charge in [-0.05, 0) is 30.5 Å². The van der Waals surface area contributed by atoms with Crippen LogP contribution < -0.4 is 0 Å². The van der Waals surface area contributed by atoms with Crippen LogP contribution in [-0.4, -0.2) is 20.5 Å². The number of thioether (sulfide) groups is 1. The molecule has 0 aliphatic heterocycles. The Balaban J connectivity index is 1.61. The number of benzene rings is 2. The summed E-state index contributed by atoms with van der Waals surface area (Å²) >= 11 is 7.98. The Morgan fingerprint density at radius 1 is 1.00 bits per heavy atom. The molecular weight excluding hydrogens is 326 g/mol. The molecule has 0 spiro atoms. The number of aryl methyl sites for hydroxylation is 1. The van der Waals surface area contributed by atoms with Gasteiger partial charge < -0.3 is 4.57 Å². The summed E-state index contributed by atoms with van der Waals surface area (Å²) in [5.41, 5.74) is 2.29. The predicted molar refractivity (Wildman–Crippen MR) is 96.9 cm³/mol. The van der Waals surface area contributed by atoms with Crippen molar-refractivity contribution in [3.05, 3.63) is 65.2 Å². The summed E-state index contributed by atoms with van der Waals surface area (Å²) in [6.07, 6.45) is 2.20. The van der Waals surface area contributed by atoms with Gasteiger partial charge in [-0.3, -0.25) is 0 Å². The fraction of sp³-hybridized carbons (Fsp3) is 0.222. The van der Waals surface area contributed by atoms with Crippen LogP contribution in [0.15, 0.2) is 59.8 Å². The van der Waals surface area contributed by atoms with Crippen molar-refractivity contribution in [2.75, 3.05) is 5.75 Å². The average molecular weight is 344 g/mol. The Bertz CT molecular complexity index is 771. The van der Waals surface area contributed by atoms with E-state index in [0.29, 0.717) is 5.02 Å². The van der Waals surface area contributed by atoms with E-state index in [9.17, 15) is 0 Å². The van der Waals surface area contributed by atoms with Crippen molar-refractivity contribution in [3.63, 3.8) is 0 Å². The van der Waals surface area contributed by atoms with Gasteiger partial charge in [0.05, 0.1) is 5.02 Å². The van der Waals surface area contributed by atoms with Gasteiger partial charge in [0.1, 0.15) is 0 Å². The van der Waals surface area contributed by atoms with E-state index in [0.717, 1.165) is 35.1 Å². The molecule has 0 saturated heterocycles. The molecule has 0 amide bonds. The highest BCUT2D eigenvalue weighted by atomic mass is 35.5. The molecule has 0 aliphatic carbocycles. The zero-order chi connectivity index (χ0) is 16.1. The second-order valence-electron chi connectivity index (χ2n) is 5.28. The maximum Gasteiger partial charge on any atom is 0.191 e. The molecule has 0 fully saturated rings. The first-order valence-electron chi connectivity index (χ1n) is 7.57. The van der Waals surface area contributed by atoms with Crippen molar-refractivity contribution in [2.24, 2.45) is 7.05 Å². The monoisotopic (exact) mass is 343 g/mol. The van der Waals surface area contributed by atoms with Crippen molar-refractivity contribution < 1.29 is 0 Å². The van der Waals surface area contributed by atoms with Crippen LogP contribution >= 0.6 is 23.4 Å². The van der Waals surface area contributed by atoms with Gasteiger partial charge in [-0.2, -0.15) is 0 Å². The lowest BCUT2D eigenvalue weighted by Gasteiger charge is -2.05. The van der Waals surface area contributed by atoms with Gasteiger partial charge in [-0.1, -0.05) is 65.8 Å². The van der Waals surface area contributed by atoms with E-state index >= 15 is 0 Å². The third kappa shape index (κ3) is 3.95.